The summed E-state index contributed by atoms with van der Waals surface area (Å²) in [5, 5.41) is 36.0. The predicted octanol–water partition coefficient (Wildman–Crippen LogP) is 1.89. The fraction of sp³-hybridized carbons (Fsp3) is 0.0588. The third-order valence-electron chi connectivity index (χ3n) is 3.35. The van der Waals surface area contributed by atoms with Gasteiger partial charge < -0.3 is 29.9 Å². The van der Waals surface area contributed by atoms with Crippen LogP contribution in [0, 0.1) is 0 Å². The molecule has 0 radical (unpaired) electrons. The molecule has 10 nitrogen and oxygen atoms in total. The maximum atomic E-state index is 11.1. The van der Waals surface area contributed by atoms with Gasteiger partial charge >= 0.3 is 23.9 Å². The Morgan fingerprint density at radius 2 is 0.926 bits per heavy atom. The van der Waals surface area contributed by atoms with Crippen molar-refractivity contribution in [1.82, 2.24) is 0 Å². The lowest BCUT2D eigenvalue weighted by atomic mass is 10.1. The molecule has 0 spiro atoms. The average Bonchev–Trinajstić information content (AvgIpc) is 2.61. The summed E-state index contributed by atoms with van der Waals surface area (Å²) in [6.45, 7) is -0.461. The molecule has 4 N–H and O–H groups in total. The van der Waals surface area contributed by atoms with Crippen LogP contribution in [0.15, 0.2) is 36.4 Å². The van der Waals surface area contributed by atoms with E-state index in [1.165, 1.54) is 12.1 Å². The molecule has 10 heteroatoms. The highest BCUT2D eigenvalue weighted by atomic mass is 16.7. The van der Waals surface area contributed by atoms with Gasteiger partial charge in [-0.05, 0) is 36.4 Å². The smallest absolute Gasteiger partial charge is 0.336 e. The standard InChI is InChI=1S/C17H12O10/c18-14(19)10-3-1-8(5-12(10)16(22)23)26-7-27-9-2-4-11(15(20)21)13(6-9)17(24)25/h1-6H,7H2,(H,18,19)(H,20,21)(H,22,23)(H,24,25). The monoisotopic (exact) mass is 376 g/mol. The van der Waals surface area contributed by atoms with E-state index < -0.39 is 52.9 Å². The zero-order valence-electron chi connectivity index (χ0n) is 13.4. The third kappa shape index (κ3) is 4.51. The van der Waals surface area contributed by atoms with Crippen LogP contribution in [0.5, 0.6) is 11.5 Å². The summed E-state index contributed by atoms with van der Waals surface area (Å²) < 4.78 is 10.3. The van der Waals surface area contributed by atoms with E-state index in [4.69, 9.17) is 29.9 Å². The number of rotatable bonds is 8. The molecule has 0 unspecified atom stereocenters. The van der Waals surface area contributed by atoms with Gasteiger partial charge in [-0.2, -0.15) is 0 Å². The minimum Gasteiger partial charge on any atom is -0.478 e. The molecule has 2 aromatic carbocycles. The van der Waals surface area contributed by atoms with Crippen LogP contribution in [0.3, 0.4) is 0 Å². The number of carboxylic acid groups (broad SMARTS) is 4. The minimum absolute atomic E-state index is 0.0121. The Labute approximate surface area is 150 Å². The number of hydrogen-bond acceptors (Lipinski definition) is 6. The van der Waals surface area contributed by atoms with Gasteiger partial charge in [-0.15, -0.1) is 0 Å². The molecule has 140 valence electrons. The lowest BCUT2D eigenvalue weighted by Gasteiger charge is -2.11. The van der Waals surface area contributed by atoms with Crippen LogP contribution < -0.4 is 9.47 Å². The van der Waals surface area contributed by atoms with Crippen LogP contribution in [0.25, 0.3) is 0 Å². The molecule has 0 atom stereocenters. The van der Waals surface area contributed by atoms with Gasteiger partial charge in [-0.25, -0.2) is 19.2 Å². The van der Waals surface area contributed by atoms with E-state index in [1.54, 1.807) is 0 Å². The third-order valence-corrected chi connectivity index (χ3v) is 3.35. The van der Waals surface area contributed by atoms with E-state index in [0.29, 0.717) is 0 Å². The maximum Gasteiger partial charge on any atom is 0.336 e. The van der Waals surface area contributed by atoms with E-state index in [1.807, 2.05) is 0 Å². The first kappa shape index (κ1) is 19.2. The molecule has 0 aliphatic heterocycles. The molecule has 0 saturated carbocycles. The molecular weight excluding hydrogens is 364 g/mol. The van der Waals surface area contributed by atoms with Crippen LogP contribution in [0.1, 0.15) is 41.4 Å². The zero-order valence-corrected chi connectivity index (χ0v) is 13.4. The van der Waals surface area contributed by atoms with E-state index in [0.717, 1.165) is 24.3 Å². The first-order valence-electron chi connectivity index (χ1n) is 7.17. The van der Waals surface area contributed by atoms with Crippen LogP contribution >= 0.6 is 0 Å². The molecule has 0 bridgehead atoms. The van der Waals surface area contributed by atoms with Gasteiger partial charge in [0.1, 0.15) is 11.5 Å². The van der Waals surface area contributed by atoms with E-state index in [9.17, 15) is 19.2 Å². The van der Waals surface area contributed by atoms with Gasteiger partial charge in [0.25, 0.3) is 0 Å². The van der Waals surface area contributed by atoms with Gasteiger partial charge in [0, 0.05) is 0 Å². The van der Waals surface area contributed by atoms with Crippen molar-refractivity contribution < 1.29 is 49.1 Å². The second kappa shape index (κ2) is 7.87. The minimum atomic E-state index is -1.45. The molecule has 2 aromatic rings. The Morgan fingerprint density at radius 1 is 0.593 bits per heavy atom. The SMILES string of the molecule is O=C(O)c1ccc(OCOc2ccc(C(=O)O)c(C(=O)O)c2)cc1C(=O)O. The van der Waals surface area contributed by atoms with E-state index in [-0.39, 0.29) is 11.5 Å². The lowest BCUT2D eigenvalue weighted by molar-refractivity contribution is 0.0649. The summed E-state index contributed by atoms with van der Waals surface area (Å²) in [6, 6.07) is 6.60. The summed E-state index contributed by atoms with van der Waals surface area (Å²) in [6.07, 6.45) is 0. The molecule has 27 heavy (non-hydrogen) atoms. The highest BCUT2D eigenvalue weighted by Gasteiger charge is 2.18. The molecule has 0 saturated heterocycles. The molecular formula is C17H12O10. The number of aromatic carboxylic acids is 4. The topological polar surface area (TPSA) is 168 Å². The van der Waals surface area contributed by atoms with Gasteiger partial charge in [-0.3, -0.25) is 0 Å². The first-order valence-corrected chi connectivity index (χ1v) is 7.17. The van der Waals surface area contributed by atoms with Crippen molar-refractivity contribution in [1.29, 1.82) is 0 Å². The van der Waals surface area contributed by atoms with Crippen molar-refractivity contribution >= 4 is 23.9 Å². The highest BCUT2D eigenvalue weighted by molar-refractivity contribution is 6.02. The maximum absolute atomic E-state index is 11.1. The predicted molar refractivity (Wildman–Crippen MR) is 86.8 cm³/mol. The van der Waals surface area contributed by atoms with Crippen LogP contribution in [-0.2, 0) is 0 Å². The Bertz CT molecular complexity index is 856. The molecule has 0 aromatic heterocycles. The summed E-state index contributed by atoms with van der Waals surface area (Å²) in [7, 11) is 0. The number of hydrogen-bond donors (Lipinski definition) is 4. The summed E-state index contributed by atoms with van der Waals surface area (Å²) in [5.41, 5.74) is -1.77. The second-order valence-corrected chi connectivity index (χ2v) is 5.04. The first-order chi connectivity index (χ1) is 12.7. The van der Waals surface area contributed by atoms with Crippen molar-refractivity contribution in [2.45, 2.75) is 0 Å². The molecule has 0 heterocycles. The number of carbonyl (C=O) groups is 4. The van der Waals surface area contributed by atoms with Crippen molar-refractivity contribution in [2.75, 3.05) is 6.79 Å². The molecule has 0 amide bonds. The number of benzene rings is 2. The van der Waals surface area contributed by atoms with Crippen LogP contribution in [0.4, 0.5) is 0 Å². The van der Waals surface area contributed by atoms with Crippen LogP contribution in [0.2, 0.25) is 0 Å². The van der Waals surface area contributed by atoms with E-state index in [2.05, 4.69) is 0 Å². The lowest BCUT2D eigenvalue weighted by Crippen LogP contribution is -2.11. The van der Waals surface area contributed by atoms with Crippen molar-refractivity contribution in [3.8, 4) is 11.5 Å². The van der Waals surface area contributed by atoms with Gasteiger partial charge in [0.05, 0.1) is 22.3 Å². The summed E-state index contributed by atoms with van der Waals surface area (Å²) in [5.74, 6) is -5.69. The second-order valence-electron chi connectivity index (χ2n) is 5.04. The fourth-order valence-corrected chi connectivity index (χ4v) is 2.12. The Balaban J connectivity index is 2.13. The molecule has 0 aliphatic carbocycles. The molecule has 2 rings (SSSR count). The molecule has 0 aliphatic rings. The van der Waals surface area contributed by atoms with Gasteiger partial charge in [-0.1, -0.05) is 0 Å². The fourth-order valence-electron chi connectivity index (χ4n) is 2.12. The number of carboxylic acids is 4. The summed E-state index contributed by atoms with van der Waals surface area (Å²) in [4.78, 5) is 44.2. The summed E-state index contributed by atoms with van der Waals surface area (Å²) >= 11 is 0. The van der Waals surface area contributed by atoms with Crippen LogP contribution in [-0.4, -0.2) is 51.1 Å². The zero-order chi connectivity index (χ0) is 20.1. The Morgan fingerprint density at radius 3 is 1.22 bits per heavy atom. The van der Waals surface area contributed by atoms with Crippen molar-refractivity contribution in [3.63, 3.8) is 0 Å². The average molecular weight is 376 g/mol. The Kier molecular flexibility index (Phi) is 5.61. The molecule has 0 fully saturated rings. The highest BCUT2D eigenvalue weighted by Crippen LogP contribution is 2.21. The van der Waals surface area contributed by atoms with Crippen molar-refractivity contribution in [2.24, 2.45) is 0 Å². The Hall–Kier alpha value is -4.08. The van der Waals surface area contributed by atoms with Gasteiger partial charge in [0.15, 0.2) is 0 Å². The quantitative estimate of drug-likeness (QED) is 0.499. The van der Waals surface area contributed by atoms with Gasteiger partial charge in [0.2, 0.25) is 6.79 Å². The normalized spacial score (nSPS) is 10.1. The number of ether oxygens (including phenoxy) is 2. The van der Waals surface area contributed by atoms with Crippen molar-refractivity contribution in [3.05, 3.63) is 58.7 Å². The largest absolute Gasteiger partial charge is 0.478 e. The van der Waals surface area contributed by atoms with E-state index >= 15 is 0 Å².